The molecule has 1 aromatic rings. The number of carbonyl (C=O) groups is 1. The van der Waals surface area contributed by atoms with Gasteiger partial charge >= 0.3 is 0 Å². The number of Topliss-reactive ketones (excluding diaryl/α,β-unsaturated/α-hetero) is 1. The number of hydrogen-bond donors (Lipinski definition) is 1. The lowest BCUT2D eigenvalue weighted by Crippen LogP contribution is -2.39. The Kier molecular flexibility index (Phi) is 4.58. The van der Waals surface area contributed by atoms with Crippen molar-refractivity contribution >= 4 is 17.4 Å². The molecule has 1 aromatic carbocycles. The molecule has 5 heteroatoms. The third-order valence-electron chi connectivity index (χ3n) is 2.88. The van der Waals surface area contributed by atoms with Gasteiger partial charge in [-0.05, 0) is 18.2 Å². The zero-order valence-electron chi connectivity index (χ0n) is 10.2. The molecule has 4 nitrogen and oxygen atoms in total. The monoisotopic (exact) mass is 269 g/mol. The third kappa shape index (κ3) is 3.22. The largest absolute Gasteiger partial charge is 0.496 e. The molecule has 0 radical (unpaired) electrons. The fraction of sp³-hybridized carbons (Fsp3) is 0.462. The van der Waals surface area contributed by atoms with Crippen molar-refractivity contribution in [3.8, 4) is 5.75 Å². The molecule has 98 valence electrons. The average Bonchev–Trinajstić information content (AvgIpc) is 2.40. The molecule has 1 fully saturated rings. The highest BCUT2D eigenvalue weighted by Gasteiger charge is 2.20. The second kappa shape index (κ2) is 6.18. The second-order valence-electron chi connectivity index (χ2n) is 4.17. The molecule has 1 aliphatic heterocycles. The van der Waals surface area contributed by atoms with Gasteiger partial charge in [0.05, 0.1) is 25.4 Å². The number of methoxy groups -OCH3 is 1. The van der Waals surface area contributed by atoms with Crippen molar-refractivity contribution in [2.45, 2.75) is 12.5 Å². The Morgan fingerprint density at radius 2 is 2.44 bits per heavy atom. The second-order valence-corrected chi connectivity index (χ2v) is 4.61. The summed E-state index contributed by atoms with van der Waals surface area (Å²) in [5.41, 5.74) is 0.513. The van der Waals surface area contributed by atoms with Crippen LogP contribution < -0.4 is 10.1 Å². The Bertz CT molecular complexity index is 430. The van der Waals surface area contributed by atoms with Gasteiger partial charge in [-0.2, -0.15) is 0 Å². The molecule has 0 aliphatic carbocycles. The van der Waals surface area contributed by atoms with Crippen LogP contribution in [0.2, 0.25) is 5.02 Å². The zero-order chi connectivity index (χ0) is 13.0. The summed E-state index contributed by atoms with van der Waals surface area (Å²) in [5, 5.41) is 3.73. The lowest BCUT2D eigenvalue weighted by molar-refractivity contribution is 0.0239. The number of ketones is 1. The van der Waals surface area contributed by atoms with Crippen molar-refractivity contribution in [1.82, 2.24) is 5.32 Å². The summed E-state index contributed by atoms with van der Waals surface area (Å²) in [6.07, 6.45) is 0.263. The number of halogens is 1. The van der Waals surface area contributed by atoms with E-state index >= 15 is 0 Å². The molecule has 1 heterocycles. The van der Waals surface area contributed by atoms with Gasteiger partial charge in [0, 0.05) is 24.5 Å². The van der Waals surface area contributed by atoms with Crippen molar-refractivity contribution in [3.05, 3.63) is 28.8 Å². The van der Waals surface area contributed by atoms with E-state index in [2.05, 4.69) is 5.32 Å². The molecule has 1 atom stereocenters. The standard InChI is InChI=1S/C13H16ClNO3/c1-17-13-3-2-9(14)6-11(13)12(16)7-10-8-15-4-5-18-10/h2-3,6,10,15H,4-5,7-8H2,1H3. The van der Waals surface area contributed by atoms with Crippen molar-refractivity contribution in [2.24, 2.45) is 0 Å². The summed E-state index contributed by atoms with van der Waals surface area (Å²) in [4.78, 5) is 12.2. The first-order chi connectivity index (χ1) is 8.70. The maximum absolute atomic E-state index is 12.2. The van der Waals surface area contributed by atoms with Crippen LogP contribution in [-0.2, 0) is 4.74 Å². The highest BCUT2D eigenvalue weighted by molar-refractivity contribution is 6.31. The van der Waals surface area contributed by atoms with Gasteiger partial charge in [-0.15, -0.1) is 0 Å². The summed E-state index contributed by atoms with van der Waals surface area (Å²) in [6, 6.07) is 5.05. The minimum Gasteiger partial charge on any atom is -0.496 e. The van der Waals surface area contributed by atoms with E-state index in [-0.39, 0.29) is 11.9 Å². The molecule has 1 saturated heterocycles. The van der Waals surface area contributed by atoms with E-state index < -0.39 is 0 Å². The molecule has 18 heavy (non-hydrogen) atoms. The quantitative estimate of drug-likeness (QED) is 0.849. The van der Waals surface area contributed by atoms with Crippen LogP contribution >= 0.6 is 11.6 Å². The Hall–Kier alpha value is -1.10. The average molecular weight is 270 g/mol. The number of morpholine rings is 1. The Morgan fingerprint density at radius 3 is 3.11 bits per heavy atom. The maximum Gasteiger partial charge on any atom is 0.169 e. The first kappa shape index (κ1) is 13.3. The number of rotatable bonds is 4. The van der Waals surface area contributed by atoms with Crippen LogP contribution in [0.15, 0.2) is 18.2 Å². The summed E-state index contributed by atoms with van der Waals surface area (Å²) in [5.74, 6) is 0.538. The van der Waals surface area contributed by atoms with Crippen molar-refractivity contribution in [2.75, 3.05) is 26.8 Å². The van der Waals surface area contributed by atoms with E-state index in [1.54, 1.807) is 25.3 Å². The predicted molar refractivity (Wildman–Crippen MR) is 69.6 cm³/mol. The Morgan fingerprint density at radius 1 is 1.61 bits per heavy atom. The fourth-order valence-electron chi connectivity index (χ4n) is 1.97. The van der Waals surface area contributed by atoms with Crippen LogP contribution in [0.3, 0.4) is 0 Å². The van der Waals surface area contributed by atoms with E-state index in [1.165, 1.54) is 0 Å². The Balaban J connectivity index is 2.09. The van der Waals surface area contributed by atoms with E-state index in [0.29, 0.717) is 35.9 Å². The molecule has 0 saturated carbocycles. The van der Waals surface area contributed by atoms with Gasteiger partial charge in [-0.25, -0.2) is 0 Å². The number of carbonyl (C=O) groups excluding carboxylic acids is 1. The van der Waals surface area contributed by atoms with Crippen LogP contribution in [0, 0.1) is 0 Å². The highest BCUT2D eigenvalue weighted by Crippen LogP contribution is 2.24. The molecule has 1 aliphatic rings. The lowest BCUT2D eigenvalue weighted by Gasteiger charge is -2.23. The van der Waals surface area contributed by atoms with Gasteiger partial charge in [0.15, 0.2) is 5.78 Å². The first-order valence-corrected chi connectivity index (χ1v) is 6.27. The molecule has 1 N–H and O–H groups in total. The first-order valence-electron chi connectivity index (χ1n) is 5.90. The van der Waals surface area contributed by atoms with Gasteiger partial charge in [-0.3, -0.25) is 4.79 Å². The smallest absolute Gasteiger partial charge is 0.169 e. The molecule has 0 spiro atoms. The number of ether oxygens (including phenoxy) is 2. The highest BCUT2D eigenvalue weighted by atomic mass is 35.5. The molecule has 2 rings (SSSR count). The normalized spacial score (nSPS) is 19.6. The van der Waals surface area contributed by atoms with Crippen LogP contribution in [0.1, 0.15) is 16.8 Å². The van der Waals surface area contributed by atoms with Crippen LogP contribution in [0.5, 0.6) is 5.75 Å². The van der Waals surface area contributed by atoms with Crippen LogP contribution in [-0.4, -0.2) is 38.7 Å². The van der Waals surface area contributed by atoms with Gasteiger partial charge in [0.2, 0.25) is 0 Å². The van der Waals surface area contributed by atoms with E-state index in [0.717, 1.165) is 6.54 Å². The topological polar surface area (TPSA) is 47.6 Å². The molecular weight excluding hydrogens is 254 g/mol. The molecule has 1 unspecified atom stereocenters. The predicted octanol–water partition coefficient (Wildman–Crippen LogP) is 1.91. The minimum atomic E-state index is -0.0741. The third-order valence-corrected chi connectivity index (χ3v) is 3.11. The minimum absolute atomic E-state index is 0.0111. The van der Waals surface area contributed by atoms with Crippen LogP contribution in [0.4, 0.5) is 0 Å². The summed E-state index contributed by atoms with van der Waals surface area (Å²) >= 11 is 5.91. The van der Waals surface area contributed by atoms with E-state index in [4.69, 9.17) is 21.1 Å². The fourth-order valence-corrected chi connectivity index (χ4v) is 2.14. The van der Waals surface area contributed by atoms with Gasteiger partial charge in [0.25, 0.3) is 0 Å². The van der Waals surface area contributed by atoms with Crippen molar-refractivity contribution in [1.29, 1.82) is 0 Å². The SMILES string of the molecule is COc1ccc(Cl)cc1C(=O)CC1CNCCO1. The molecule has 0 amide bonds. The molecule has 0 bridgehead atoms. The summed E-state index contributed by atoms with van der Waals surface area (Å²) in [6.45, 7) is 2.18. The lowest BCUT2D eigenvalue weighted by atomic mass is 10.0. The van der Waals surface area contributed by atoms with E-state index in [1.807, 2.05) is 0 Å². The molecular formula is C13H16ClNO3. The maximum atomic E-state index is 12.2. The summed E-state index contributed by atoms with van der Waals surface area (Å²) < 4.78 is 10.7. The Labute approximate surface area is 111 Å². The zero-order valence-corrected chi connectivity index (χ0v) is 11.0. The van der Waals surface area contributed by atoms with Crippen molar-refractivity contribution < 1.29 is 14.3 Å². The van der Waals surface area contributed by atoms with Gasteiger partial charge in [0.1, 0.15) is 5.75 Å². The van der Waals surface area contributed by atoms with Crippen molar-refractivity contribution in [3.63, 3.8) is 0 Å². The summed E-state index contributed by atoms with van der Waals surface area (Å²) in [7, 11) is 1.54. The van der Waals surface area contributed by atoms with E-state index in [9.17, 15) is 4.79 Å². The molecule has 0 aromatic heterocycles. The number of hydrogen-bond acceptors (Lipinski definition) is 4. The number of benzene rings is 1. The number of nitrogens with one attached hydrogen (secondary N) is 1. The van der Waals surface area contributed by atoms with Gasteiger partial charge < -0.3 is 14.8 Å². The van der Waals surface area contributed by atoms with Crippen LogP contribution in [0.25, 0.3) is 0 Å². The van der Waals surface area contributed by atoms with Gasteiger partial charge in [-0.1, -0.05) is 11.6 Å².